The summed E-state index contributed by atoms with van der Waals surface area (Å²) in [5, 5.41) is 0. The summed E-state index contributed by atoms with van der Waals surface area (Å²) in [4.78, 5) is 12.3. The Morgan fingerprint density at radius 1 is 1.32 bits per heavy atom. The molecule has 0 radical (unpaired) electrons. The van der Waals surface area contributed by atoms with Crippen molar-refractivity contribution in [3.63, 3.8) is 0 Å². The van der Waals surface area contributed by atoms with E-state index in [-0.39, 0.29) is 0 Å². The lowest BCUT2D eigenvalue weighted by Gasteiger charge is -2.27. The number of Topliss-reactive ketones (excluding diaryl/α,β-unsaturated/α-hetero) is 1. The smallest absolute Gasteiger partial charge is 0.136 e. The molecule has 1 nitrogen and oxygen atoms in total. The number of ketones is 1. The van der Waals surface area contributed by atoms with Crippen molar-refractivity contribution in [3.8, 4) is 0 Å². The Morgan fingerprint density at radius 2 is 2.16 bits per heavy atom. The molecule has 0 aromatic heterocycles. The quantitative estimate of drug-likeness (QED) is 0.747. The zero-order chi connectivity index (χ0) is 13.7. The van der Waals surface area contributed by atoms with Crippen LogP contribution >= 0.6 is 0 Å². The average Bonchev–Trinajstić information content (AvgIpc) is 2.45. The van der Waals surface area contributed by atoms with Crippen molar-refractivity contribution in [2.45, 2.75) is 58.8 Å². The molecule has 1 aliphatic rings. The molecule has 1 saturated carbocycles. The van der Waals surface area contributed by atoms with Gasteiger partial charge in [-0.15, -0.1) is 0 Å². The van der Waals surface area contributed by atoms with Gasteiger partial charge in [0.15, 0.2) is 0 Å². The molecule has 0 spiro atoms. The Hall–Kier alpha value is -1.11. The van der Waals surface area contributed by atoms with E-state index in [0.29, 0.717) is 11.7 Å². The largest absolute Gasteiger partial charge is 0.299 e. The van der Waals surface area contributed by atoms with Gasteiger partial charge in [0.1, 0.15) is 5.78 Å². The normalized spacial score (nSPS) is 23.3. The molecule has 1 aliphatic carbocycles. The average molecular weight is 258 g/mol. The van der Waals surface area contributed by atoms with Gasteiger partial charge >= 0.3 is 0 Å². The van der Waals surface area contributed by atoms with Crippen LogP contribution in [0, 0.1) is 18.8 Å². The highest BCUT2D eigenvalue weighted by atomic mass is 16.1. The first kappa shape index (κ1) is 14.3. The van der Waals surface area contributed by atoms with Crippen LogP contribution in [-0.4, -0.2) is 5.78 Å². The van der Waals surface area contributed by atoms with Crippen molar-refractivity contribution in [2.24, 2.45) is 11.8 Å². The van der Waals surface area contributed by atoms with Gasteiger partial charge in [0.2, 0.25) is 0 Å². The summed E-state index contributed by atoms with van der Waals surface area (Å²) in [6, 6.07) is 8.53. The number of hydrogen-bond donors (Lipinski definition) is 0. The van der Waals surface area contributed by atoms with Gasteiger partial charge in [0, 0.05) is 12.3 Å². The third kappa shape index (κ3) is 4.19. The van der Waals surface area contributed by atoms with Crippen LogP contribution in [0.15, 0.2) is 24.3 Å². The molecule has 1 aromatic carbocycles. The second-order valence-electron chi connectivity index (χ2n) is 6.09. The first-order valence-corrected chi connectivity index (χ1v) is 7.77. The summed E-state index contributed by atoms with van der Waals surface area (Å²) < 4.78 is 0. The maximum absolute atomic E-state index is 12.3. The number of aryl methyl sites for hydroxylation is 2. The lowest BCUT2D eigenvalue weighted by atomic mass is 9.77. The fourth-order valence-corrected chi connectivity index (χ4v) is 3.29. The minimum absolute atomic E-state index is 0.350. The van der Waals surface area contributed by atoms with E-state index in [2.05, 4.69) is 38.1 Å². The molecule has 0 aliphatic heterocycles. The monoisotopic (exact) mass is 258 g/mol. The Morgan fingerprint density at radius 3 is 2.89 bits per heavy atom. The standard InChI is InChI=1S/C18H26O/c1-3-15-7-5-9-17(13-15)18(19)11-10-16-8-4-6-14(2)12-16/h4,6,8,12,15,17H,3,5,7,9-11,13H2,1-2H3. The van der Waals surface area contributed by atoms with Crippen LogP contribution in [0.4, 0.5) is 0 Å². The highest BCUT2D eigenvalue weighted by Gasteiger charge is 2.25. The molecular formula is C18H26O. The molecule has 2 rings (SSSR count). The summed E-state index contributed by atoms with van der Waals surface area (Å²) in [5.74, 6) is 1.64. The summed E-state index contributed by atoms with van der Waals surface area (Å²) in [5.41, 5.74) is 2.59. The highest BCUT2D eigenvalue weighted by Crippen LogP contribution is 2.32. The molecule has 0 saturated heterocycles. The van der Waals surface area contributed by atoms with Crippen LogP contribution < -0.4 is 0 Å². The second-order valence-corrected chi connectivity index (χ2v) is 6.09. The van der Waals surface area contributed by atoms with Gasteiger partial charge in [-0.1, -0.05) is 56.0 Å². The molecule has 0 bridgehead atoms. The van der Waals surface area contributed by atoms with Crippen molar-refractivity contribution >= 4 is 5.78 Å². The number of rotatable bonds is 5. The van der Waals surface area contributed by atoms with Crippen molar-refractivity contribution < 1.29 is 4.79 Å². The second kappa shape index (κ2) is 6.88. The maximum atomic E-state index is 12.3. The topological polar surface area (TPSA) is 17.1 Å². The van der Waals surface area contributed by atoms with Crippen LogP contribution in [0.2, 0.25) is 0 Å². The molecule has 1 aromatic rings. The number of benzene rings is 1. The van der Waals surface area contributed by atoms with E-state index in [4.69, 9.17) is 0 Å². The van der Waals surface area contributed by atoms with Gasteiger partial charge in [0.25, 0.3) is 0 Å². The Labute approximate surface area is 117 Å². The number of hydrogen-bond acceptors (Lipinski definition) is 1. The molecule has 0 N–H and O–H groups in total. The minimum Gasteiger partial charge on any atom is -0.299 e. The zero-order valence-electron chi connectivity index (χ0n) is 12.3. The maximum Gasteiger partial charge on any atom is 0.136 e. The summed E-state index contributed by atoms with van der Waals surface area (Å²) in [6.07, 6.45) is 7.73. The predicted molar refractivity (Wildman–Crippen MR) is 80.2 cm³/mol. The van der Waals surface area contributed by atoms with Gasteiger partial charge in [-0.25, -0.2) is 0 Å². The molecule has 19 heavy (non-hydrogen) atoms. The zero-order valence-corrected chi connectivity index (χ0v) is 12.3. The summed E-state index contributed by atoms with van der Waals surface area (Å²) in [7, 11) is 0. The SMILES string of the molecule is CCC1CCCC(C(=O)CCc2cccc(C)c2)C1. The molecule has 0 amide bonds. The minimum atomic E-state index is 0.350. The first-order chi connectivity index (χ1) is 9.19. The van der Waals surface area contributed by atoms with E-state index in [9.17, 15) is 4.79 Å². The lowest BCUT2D eigenvalue weighted by Crippen LogP contribution is -2.23. The van der Waals surface area contributed by atoms with Gasteiger partial charge in [-0.3, -0.25) is 4.79 Å². The van der Waals surface area contributed by atoms with E-state index >= 15 is 0 Å². The fraction of sp³-hybridized carbons (Fsp3) is 0.611. The molecule has 1 fully saturated rings. The van der Waals surface area contributed by atoms with E-state index in [0.717, 1.165) is 31.6 Å². The van der Waals surface area contributed by atoms with Crippen LogP contribution in [0.5, 0.6) is 0 Å². The van der Waals surface area contributed by atoms with E-state index in [1.165, 1.54) is 30.4 Å². The summed E-state index contributed by atoms with van der Waals surface area (Å²) >= 11 is 0. The molecule has 2 unspecified atom stereocenters. The van der Waals surface area contributed by atoms with E-state index < -0.39 is 0 Å². The first-order valence-electron chi connectivity index (χ1n) is 7.77. The Balaban J connectivity index is 1.84. The van der Waals surface area contributed by atoms with Gasteiger partial charge in [0.05, 0.1) is 0 Å². The third-order valence-electron chi connectivity index (χ3n) is 4.56. The van der Waals surface area contributed by atoms with Crippen LogP contribution in [0.1, 0.15) is 56.6 Å². The summed E-state index contributed by atoms with van der Waals surface area (Å²) in [6.45, 7) is 4.36. The van der Waals surface area contributed by atoms with Gasteiger partial charge in [-0.05, 0) is 37.7 Å². The fourth-order valence-electron chi connectivity index (χ4n) is 3.29. The van der Waals surface area contributed by atoms with Crippen molar-refractivity contribution in [3.05, 3.63) is 35.4 Å². The Kier molecular flexibility index (Phi) is 5.18. The predicted octanol–water partition coefficient (Wildman–Crippen LogP) is 4.71. The van der Waals surface area contributed by atoms with Crippen LogP contribution in [-0.2, 0) is 11.2 Å². The van der Waals surface area contributed by atoms with Gasteiger partial charge < -0.3 is 0 Å². The van der Waals surface area contributed by atoms with Crippen molar-refractivity contribution in [1.82, 2.24) is 0 Å². The Bertz CT molecular complexity index is 421. The lowest BCUT2D eigenvalue weighted by molar-refractivity contribution is -0.124. The van der Waals surface area contributed by atoms with Crippen LogP contribution in [0.3, 0.4) is 0 Å². The van der Waals surface area contributed by atoms with E-state index in [1.807, 2.05) is 0 Å². The molecule has 1 heteroatoms. The van der Waals surface area contributed by atoms with E-state index in [1.54, 1.807) is 0 Å². The highest BCUT2D eigenvalue weighted by molar-refractivity contribution is 5.81. The molecule has 0 heterocycles. The molecule has 104 valence electrons. The number of carbonyl (C=O) groups is 1. The molecular weight excluding hydrogens is 232 g/mol. The van der Waals surface area contributed by atoms with Crippen molar-refractivity contribution in [2.75, 3.05) is 0 Å². The van der Waals surface area contributed by atoms with Crippen molar-refractivity contribution in [1.29, 1.82) is 0 Å². The third-order valence-corrected chi connectivity index (χ3v) is 4.56. The number of carbonyl (C=O) groups excluding carboxylic acids is 1. The van der Waals surface area contributed by atoms with Crippen LogP contribution in [0.25, 0.3) is 0 Å². The van der Waals surface area contributed by atoms with Gasteiger partial charge in [-0.2, -0.15) is 0 Å². The molecule has 2 atom stereocenters.